The highest BCUT2D eigenvalue weighted by Crippen LogP contribution is 2.39. The molecule has 1 aromatic heterocycles. The van der Waals surface area contributed by atoms with Gasteiger partial charge in [0.2, 0.25) is 0 Å². The lowest BCUT2D eigenvalue weighted by molar-refractivity contribution is 0.517. The minimum atomic E-state index is 0.237. The van der Waals surface area contributed by atoms with Crippen LogP contribution in [-0.4, -0.2) is 0 Å². The molecule has 0 saturated carbocycles. The highest BCUT2D eigenvalue weighted by atomic mass is 32.2. The Bertz CT molecular complexity index is 674. The highest BCUT2D eigenvalue weighted by molar-refractivity contribution is 7.98. The summed E-state index contributed by atoms with van der Waals surface area (Å²) in [4.78, 5) is 0. The van der Waals surface area contributed by atoms with Crippen LogP contribution >= 0.6 is 11.8 Å². The molecule has 0 aliphatic rings. The zero-order chi connectivity index (χ0) is 14.5. The number of benzene rings is 2. The Kier molecular flexibility index (Phi) is 4.46. The van der Waals surface area contributed by atoms with E-state index in [-0.39, 0.29) is 5.25 Å². The van der Waals surface area contributed by atoms with Crippen LogP contribution in [0.3, 0.4) is 0 Å². The topological polar surface area (TPSA) is 13.1 Å². The van der Waals surface area contributed by atoms with Crippen LogP contribution in [-0.2, 0) is 5.75 Å². The van der Waals surface area contributed by atoms with E-state index >= 15 is 0 Å². The summed E-state index contributed by atoms with van der Waals surface area (Å²) in [5.41, 5.74) is 3.97. The molecule has 1 heterocycles. The SMILES string of the molecule is Cc1ccccc1C(SCc1ccccc1)c1ccco1. The van der Waals surface area contributed by atoms with Crippen molar-refractivity contribution >= 4 is 11.8 Å². The van der Waals surface area contributed by atoms with Gasteiger partial charge in [0, 0.05) is 5.75 Å². The normalized spacial score (nSPS) is 12.2. The molecule has 2 heteroatoms. The van der Waals surface area contributed by atoms with Crippen LogP contribution in [0.1, 0.15) is 27.7 Å². The molecular formula is C19H18OS. The number of furan rings is 1. The van der Waals surface area contributed by atoms with E-state index in [0.29, 0.717) is 0 Å². The molecule has 0 amide bonds. The van der Waals surface area contributed by atoms with Gasteiger partial charge in [0.15, 0.2) is 0 Å². The van der Waals surface area contributed by atoms with E-state index in [2.05, 4.69) is 67.6 Å². The fourth-order valence-electron chi connectivity index (χ4n) is 2.40. The van der Waals surface area contributed by atoms with E-state index in [1.54, 1.807) is 6.26 Å². The van der Waals surface area contributed by atoms with Gasteiger partial charge in [-0.2, -0.15) is 0 Å². The summed E-state index contributed by atoms with van der Waals surface area (Å²) in [7, 11) is 0. The molecule has 0 N–H and O–H groups in total. The van der Waals surface area contributed by atoms with Crippen molar-refractivity contribution in [1.29, 1.82) is 0 Å². The van der Waals surface area contributed by atoms with Crippen molar-refractivity contribution in [2.75, 3.05) is 0 Å². The lowest BCUT2D eigenvalue weighted by atomic mass is 10.0. The Morgan fingerprint density at radius 2 is 1.67 bits per heavy atom. The monoisotopic (exact) mass is 294 g/mol. The summed E-state index contributed by atoms with van der Waals surface area (Å²) in [6.45, 7) is 2.16. The van der Waals surface area contributed by atoms with Gasteiger partial charge in [-0.05, 0) is 35.7 Å². The number of hydrogen-bond donors (Lipinski definition) is 0. The van der Waals surface area contributed by atoms with Gasteiger partial charge >= 0.3 is 0 Å². The lowest BCUT2D eigenvalue weighted by Gasteiger charge is -2.17. The first-order chi connectivity index (χ1) is 10.3. The maximum absolute atomic E-state index is 5.67. The highest BCUT2D eigenvalue weighted by Gasteiger charge is 2.19. The van der Waals surface area contributed by atoms with Crippen LogP contribution in [0.5, 0.6) is 0 Å². The van der Waals surface area contributed by atoms with Gasteiger partial charge < -0.3 is 4.42 Å². The van der Waals surface area contributed by atoms with Crippen molar-refractivity contribution in [2.45, 2.75) is 17.9 Å². The minimum absolute atomic E-state index is 0.237. The van der Waals surface area contributed by atoms with Gasteiger partial charge in [0.1, 0.15) is 5.76 Å². The molecule has 0 aliphatic heterocycles. The summed E-state index contributed by atoms with van der Waals surface area (Å²) in [6, 6.07) is 23.1. The van der Waals surface area contributed by atoms with Crippen LogP contribution in [0.2, 0.25) is 0 Å². The first-order valence-corrected chi connectivity index (χ1v) is 8.14. The summed E-state index contributed by atoms with van der Waals surface area (Å²) >= 11 is 1.91. The van der Waals surface area contributed by atoms with E-state index < -0.39 is 0 Å². The largest absolute Gasteiger partial charge is 0.468 e. The van der Waals surface area contributed by atoms with Crippen molar-refractivity contribution in [1.82, 2.24) is 0 Å². The Hall–Kier alpha value is -1.93. The van der Waals surface area contributed by atoms with Gasteiger partial charge in [-0.1, -0.05) is 54.6 Å². The molecule has 0 spiro atoms. The fraction of sp³-hybridized carbons (Fsp3) is 0.158. The minimum Gasteiger partial charge on any atom is -0.468 e. The molecule has 106 valence electrons. The molecule has 3 rings (SSSR count). The van der Waals surface area contributed by atoms with Crippen molar-refractivity contribution in [2.24, 2.45) is 0 Å². The second-order valence-electron chi connectivity index (χ2n) is 5.05. The van der Waals surface area contributed by atoms with Gasteiger partial charge in [-0.15, -0.1) is 11.8 Å². The first kappa shape index (κ1) is 14.0. The van der Waals surface area contributed by atoms with E-state index in [0.717, 1.165) is 11.5 Å². The first-order valence-electron chi connectivity index (χ1n) is 7.09. The molecule has 2 aromatic carbocycles. The Balaban J connectivity index is 1.86. The smallest absolute Gasteiger partial charge is 0.121 e. The number of thioether (sulfide) groups is 1. The molecule has 0 saturated heterocycles. The van der Waals surface area contributed by atoms with E-state index in [4.69, 9.17) is 4.42 Å². The van der Waals surface area contributed by atoms with Crippen LogP contribution in [0.15, 0.2) is 77.4 Å². The third kappa shape index (κ3) is 3.40. The molecule has 1 nitrogen and oxygen atoms in total. The van der Waals surface area contributed by atoms with E-state index in [9.17, 15) is 0 Å². The summed E-state index contributed by atoms with van der Waals surface area (Å²) < 4.78 is 5.67. The molecule has 21 heavy (non-hydrogen) atoms. The Labute approximate surface area is 130 Å². The van der Waals surface area contributed by atoms with E-state index in [1.807, 2.05) is 17.8 Å². The number of rotatable bonds is 5. The number of aryl methyl sites for hydroxylation is 1. The van der Waals surface area contributed by atoms with Gasteiger partial charge in [-0.25, -0.2) is 0 Å². The molecule has 0 fully saturated rings. The third-order valence-electron chi connectivity index (χ3n) is 3.53. The molecule has 0 radical (unpaired) electrons. The van der Waals surface area contributed by atoms with Crippen LogP contribution < -0.4 is 0 Å². The summed E-state index contributed by atoms with van der Waals surface area (Å²) in [5, 5.41) is 0.237. The van der Waals surface area contributed by atoms with Gasteiger partial charge in [0.25, 0.3) is 0 Å². The second-order valence-corrected chi connectivity index (χ2v) is 6.14. The summed E-state index contributed by atoms with van der Waals surface area (Å²) in [6.07, 6.45) is 1.75. The molecule has 1 unspecified atom stereocenters. The lowest BCUT2D eigenvalue weighted by Crippen LogP contribution is -1.99. The summed E-state index contributed by atoms with van der Waals surface area (Å²) in [5.74, 6) is 1.99. The van der Waals surface area contributed by atoms with Crippen molar-refractivity contribution in [3.05, 3.63) is 95.4 Å². The molecule has 0 aliphatic carbocycles. The quantitative estimate of drug-likeness (QED) is 0.606. The molecule has 0 bridgehead atoms. The van der Waals surface area contributed by atoms with Crippen molar-refractivity contribution in [3.63, 3.8) is 0 Å². The standard InChI is InChI=1S/C19H18OS/c1-15-8-5-6-11-17(15)19(18-12-7-13-20-18)21-14-16-9-3-2-4-10-16/h2-13,19H,14H2,1H3. The van der Waals surface area contributed by atoms with E-state index in [1.165, 1.54) is 16.7 Å². The Morgan fingerprint density at radius 3 is 2.38 bits per heavy atom. The molecule has 1 atom stereocenters. The predicted molar refractivity (Wildman–Crippen MR) is 89.5 cm³/mol. The third-order valence-corrected chi connectivity index (χ3v) is 4.85. The number of hydrogen-bond acceptors (Lipinski definition) is 2. The van der Waals surface area contributed by atoms with Gasteiger partial charge in [0.05, 0.1) is 11.5 Å². The zero-order valence-electron chi connectivity index (χ0n) is 12.0. The van der Waals surface area contributed by atoms with Crippen molar-refractivity contribution < 1.29 is 4.42 Å². The van der Waals surface area contributed by atoms with Crippen molar-refractivity contribution in [3.8, 4) is 0 Å². The predicted octanol–water partition coefficient (Wildman–Crippen LogP) is 5.61. The second kappa shape index (κ2) is 6.68. The molecular weight excluding hydrogens is 276 g/mol. The maximum atomic E-state index is 5.67. The van der Waals surface area contributed by atoms with Crippen LogP contribution in [0.4, 0.5) is 0 Å². The zero-order valence-corrected chi connectivity index (χ0v) is 12.8. The molecule has 3 aromatic rings. The van der Waals surface area contributed by atoms with Crippen LogP contribution in [0.25, 0.3) is 0 Å². The van der Waals surface area contributed by atoms with Gasteiger partial charge in [-0.3, -0.25) is 0 Å². The average molecular weight is 294 g/mol. The van der Waals surface area contributed by atoms with Crippen LogP contribution in [0, 0.1) is 6.92 Å². The maximum Gasteiger partial charge on any atom is 0.121 e. The average Bonchev–Trinajstić information content (AvgIpc) is 3.04. The Morgan fingerprint density at radius 1 is 0.905 bits per heavy atom. The fourth-order valence-corrected chi connectivity index (χ4v) is 3.69.